The number of ether oxygens (including phenoxy) is 1. The van der Waals surface area contributed by atoms with Gasteiger partial charge in [-0.2, -0.15) is 0 Å². The van der Waals surface area contributed by atoms with Crippen molar-refractivity contribution in [1.82, 2.24) is 9.97 Å². The largest absolute Gasteiger partial charge is 0.381 e. The fourth-order valence-electron chi connectivity index (χ4n) is 3.36. The average molecular weight is 259 g/mol. The van der Waals surface area contributed by atoms with E-state index >= 15 is 0 Å². The summed E-state index contributed by atoms with van der Waals surface area (Å²) in [6.07, 6.45) is 4.99. The van der Waals surface area contributed by atoms with Crippen LogP contribution < -0.4 is 4.90 Å². The Morgan fingerprint density at radius 1 is 1.32 bits per heavy atom. The molecule has 1 spiro atoms. The van der Waals surface area contributed by atoms with Crippen molar-refractivity contribution in [2.75, 3.05) is 31.2 Å². The van der Waals surface area contributed by atoms with Crippen LogP contribution in [-0.4, -0.2) is 36.3 Å². The molecule has 3 heterocycles. The minimum Gasteiger partial charge on any atom is -0.381 e. The number of anilines is 1. The van der Waals surface area contributed by atoms with Gasteiger partial charge in [-0.25, -0.2) is 9.97 Å². The van der Waals surface area contributed by atoms with Crippen LogP contribution in [0.25, 0.3) is 0 Å². The summed E-state index contributed by atoms with van der Waals surface area (Å²) in [5.41, 5.74) is 1.51. The molecule has 0 unspecified atom stereocenters. The number of rotatable bonds is 2. The normalized spacial score (nSPS) is 30.5. The Bertz CT molecular complexity index is 492. The molecule has 4 rings (SSSR count). The fourth-order valence-corrected chi connectivity index (χ4v) is 3.36. The zero-order chi connectivity index (χ0) is 12.9. The Morgan fingerprint density at radius 2 is 2.21 bits per heavy atom. The summed E-state index contributed by atoms with van der Waals surface area (Å²) >= 11 is 0. The lowest BCUT2D eigenvalue weighted by molar-refractivity contribution is 0.160. The van der Waals surface area contributed by atoms with Crippen LogP contribution in [0.3, 0.4) is 0 Å². The molecule has 1 aliphatic carbocycles. The predicted octanol–water partition coefficient (Wildman–Crippen LogP) is 2.28. The Kier molecular flexibility index (Phi) is 2.56. The zero-order valence-electron chi connectivity index (χ0n) is 11.6. The van der Waals surface area contributed by atoms with Crippen molar-refractivity contribution in [3.63, 3.8) is 0 Å². The number of hydrogen-bond acceptors (Lipinski definition) is 4. The molecule has 1 atom stereocenters. The summed E-state index contributed by atoms with van der Waals surface area (Å²) < 4.78 is 5.60. The van der Waals surface area contributed by atoms with Crippen molar-refractivity contribution >= 4 is 5.82 Å². The summed E-state index contributed by atoms with van der Waals surface area (Å²) in [6, 6.07) is 2.14. The molecule has 2 saturated heterocycles. The van der Waals surface area contributed by atoms with E-state index in [9.17, 15) is 0 Å². The maximum Gasteiger partial charge on any atom is 0.134 e. The Hall–Kier alpha value is -1.16. The molecule has 0 amide bonds. The molecular formula is C15H21N3O. The summed E-state index contributed by atoms with van der Waals surface area (Å²) in [5.74, 6) is 2.84. The second kappa shape index (κ2) is 4.17. The highest BCUT2D eigenvalue weighted by Gasteiger charge is 2.42. The van der Waals surface area contributed by atoms with Crippen LogP contribution in [0.5, 0.6) is 0 Å². The summed E-state index contributed by atoms with van der Waals surface area (Å²) in [4.78, 5) is 11.8. The van der Waals surface area contributed by atoms with Gasteiger partial charge in [0.1, 0.15) is 11.6 Å². The monoisotopic (exact) mass is 259 g/mol. The van der Waals surface area contributed by atoms with Crippen LogP contribution in [0.15, 0.2) is 6.07 Å². The van der Waals surface area contributed by atoms with E-state index in [2.05, 4.69) is 22.9 Å². The lowest BCUT2D eigenvalue weighted by Gasteiger charge is -2.23. The summed E-state index contributed by atoms with van der Waals surface area (Å²) in [7, 11) is 0. The molecule has 102 valence electrons. The highest BCUT2D eigenvalue weighted by atomic mass is 16.5. The third kappa shape index (κ3) is 2.12. The van der Waals surface area contributed by atoms with Gasteiger partial charge in [-0.1, -0.05) is 0 Å². The van der Waals surface area contributed by atoms with Gasteiger partial charge in [-0.3, -0.25) is 0 Å². The van der Waals surface area contributed by atoms with Crippen molar-refractivity contribution in [2.24, 2.45) is 5.41 Å². The lowest BCUT2D eigenvalue weighted by atomic mass is 9.87. The van der Waals surface area contributed by atoms with E-state index in [0.29, 0.717) is 11.3 Å². The quantitative estimate of drug-likeness (QED) is 0.816. The van der Waals surface area contributed by atoms with Crippen LogP contribution in [0, 0.1) is 12.3 Å². The maximum absolute atomic E-state index is 5.60. The molecule has 0 aromatic carbocycles. The first kappa shape index (κ1) is 11.6. The first-order valence-corrected chi connectivity index (χ1v) is 7.42. The Labute approximate surface area is 114 Å². The molecule has 2 aliphatic heterocycles. The molecule has 3 aliphatic rings. The minimum atomic E-state index is 0.401. The van der Waals surface area contributed by atoms with E-state index < -0.39 is 0 Å². The molecule has 19 heavy (non-hydrogen) atoms. The average Bonchev–Trinajstić information content (AvgIpc) is 3.03. The van der Waals surface area contributed by atoms with Crippen LogP contribution in [-0.2, 0) is 4.74 Å². The van der Waals surface area contributed by atoms with E-state index in [1.54, 1.807) is 0 Å². The van der Waals surface area contributed by atoms with Crippen molar-refractivity contribution in [3.8, 4) is 0 Å². The van der Waals surface area contributed by atoms with Gasteiger partial charge in [-0.05, 0) is 32.6 Å². The third-order valence-electron chi connectivity index (χ3n) is 4.75. The van der Waals surface area contributed by atoms with Crippen LogP contribution in [0.1, 0.15) is 43.1 Å². The highest BCUT2D eigenvalue weighted by molar-refractivity contribution is 5.42. The van der Waals surface area contributed by atoms with Gasteiger partial charge in [0.05, 0.1) is 6.61 Å². The summed E-state index contributed by atoms with van der Waals surface area (Å²) in [6.45, 7) is 6.17. The van der Waals surface area contributed by atoms with Crippen LogP contribution >= 0.6 is 0 Å². The van der Waals surface area contributed by atoms with E-state index in [1.807, 2.05) is 0 Å². The van der Waals surface area contributed by atoms with E-state index in [0.717, 1.165) is 43.6 Å². The van der Waals surface area contributed by atoms with Gasteiger partial charge < -0.3 is 9.64 Å². The zero-order valence-corrected chi connectivity index (χ0v) is 11.6. The minimum absolute atomic E-state index is 0.401. The third-order valence-corrected chi connectivity index (χ3v) is 4.75. The van der Waals surface area contributed by atoms with Crippen molar-refractivity contribution in [3.05, 3.63) is 17.6 Å². The predicted molar refractivity (Wildman–Crippen MR) is 73.4 cm³/mol. The van der Waals surface area contributed by atoms with E-state index in [1.165, 1.54) is 25.7 Å². The topological polar surface area (TPSA) is 38.2 Å². The highest BCUT2D eigenvalue weighted by Crippen LogP contribution is 2.41. The molecule has 4 heteroatoms. The molecule has 3 fully saturated rings. The first-order valence-electron chi connectivity index (χ1n) is 7.42. The smallest absolute Gasteiger partial charge is 0.134 e. The van der Waals surface area contributed by atoms with Gasteiger partial charge in [0.15, 0.2) is 0 Å². The van der Waals surface area contributed by atoms with Gasteiger partial charge in [0, 0.05) is 42.8 Å². The molecule has 0 radical (unpaired) electrons. The van der Waals surface area contributed by atoms with Crippen molar-refractivity contribution in [1.29, 1.82) is 0 Å². The lowest BCUT2D eigenvalue weighted by Crippen LogP contribution is -2.28. The second-order valence-electron chi connectivity index (χ2n) is 6.47. The molecule has 0 N–H and O–H groups in total. The Morgan fingerprint density at radius 3 is 2.95 bits per heavy atom. The first-order chi connectivity index (χ1) is 9.24. The number of hydrogen-bond donors (Lipinski definition) is 0. The van der Waals surface area contributed by atoms with Crippen molar-refractivity contribution in [2.45, 2.75) is 38.5 Å². The number of aromatic nitrogens is 2. The fraction of sp³-hybridized carbons (Fsp3) is 0.733. The second-order valence-corrected chi connectivity index (χ2v) is 6.47. The standard InChI is InChI=1S/C15H21N3O/c1-11-8-13(17-14(16-11)12-2-3-12)18-6-4-15(9-18)5-7-19-10-15/h8,12H,2-7,9-10H2,1H3/t15-/m1/s1. The summed E-state index contributed by atoms with van der Waals surface area (Å²) in [5, 5.41) is 0. The van der Waals surface area contributed by atoms with E-state index in [-0.39, 0.29) is 0 Å². The maximum atomic E-state index is 5.60. The Balaban J connectivity index is 1.59. The van der Waals surface area contributed by atoms with E-state index in [4.69, 9.17) is 9.72 Å². The molecule has 4 nitrogen and oxygen atoms in total. The molecular weight excluding hydrogens is 238 g/mol. The molecule has 1 aromatic rings. The molecule has 0 bridgehead atoms. The van der Waals surface area contributed by atoms with Gasteiger partial charge in [-0.15, -0.1) is 0 Å². The SMILES string of the molecule is Cc1cc(N2CC[C@@]3(CCOC3)C2)nc(C2CC2)n1. The molecule has 1 aromatic heterocycles. The van der Waals surface area contributed by atoms with Gasteiger partial charge in [0.2, 0.25) is 0 Å². The van der Waals surface area contributed by atoms with Crippen LogP contribution in [0.2, 0.25) is 0 Å². The number of nitrogens with zero attached hydrogens (tertiary/aromatic N) is 3. The van der Waals surface area contributed by atoms with Crippen LogP contribution in [0.4, 0.5) is 5.82 Å². The molecule has 1 saturated carbocycles. The van der Waals surface area contributed by atoms with Gasteiger partial charge in [0.25, 0.3) is 0 Å². The van der Waals surface area contributed by atoms with Gasteiger partial charge >= 0.3 is 0 Å². The van der Waals surface area contributed by atoms with Crippen molar-refractivity contribution < 1.29 is 4.74 Å². The number of aryl methyl sites for hydroxylation is 1.